The summed E-state index contributed by atoms with van der Waals surface area (Å²) in [4.78, 5) is 22.4. The van der Waals surface area contributed by atoms with Crippen molar-refractivity contribution in [2.24, 2.45) is 5.92 Å². The van der Waals surface area contributed by atoms with Gasteiger partial charge in [-0.05, 0) is 31.2 Å². The summed E-state index contributed by atoms with van der Waals surface area (Å²) in [6, 6.07) is 2.67. The van der Waals surface area contributed by atoms with Gasteiger partial charge in [-0.15, -0.1) is 0 Å². The molecule has 0 amide bonds. The van der Waals surface area contributed by atoms with Crippen LogP contribution in [0.15, 0.2) is 35.3 Å². The van der Waals surface area contributed by atoms with Crippen LogP contribution in [0, 0.1) is 5.92 Å². The summed E-state index contributed by atoms with van der Waals surface area (Å²) >= 11 is 0. The van der Waals surface area contributed by atoms with Crippen LogP contribution in [-0.2, 0) is 6.54 Å². The van der Waals surface area contributed by atoms with Gasteiger partial charge in [-0.3, -0.25) is 4.79 Å². The van der Waals surface area contributed by atoms with Crippen molar-refractivity contribution in [1.29, 1.82) is 0 Å². The molecule has 1 aliphatic carbocycles. The van der Waals surface area contributed by atoms with E-state index in [1.54, 1.807) is 0 Å². The second-order valence-corrected chi connectivity index (χ2v) is 4.36. The van der Waals surface area contributed by atoms with Crippen LogP contribution in [0.25, 0.3) is 0 Å². The van der Waals surface area contributed by atoms with Crippen molar-refractivity contribution < 1.29 is 9.90 Å². The molecule has 0 saturated carbocycles. The maximum atomic E-state index is 11.6. The lowest BCUT2D eigenvalue weighted by Gasteiger charge is -2.18. The molecule has 0 aromatic carbocycles. The number of rotatable bonds is 3. The quantitative estimate of drug-likeness (QED) is 0.811. The smallest absolute Gasteiger partial charge is 0.337 e. The first-order chi connectivity index (χ1) is 8.16. The summed E-state index contributed by atoms with van der Waals surface area (Å²) in [5.41, 5.74) is 0.0282. The predicted molar refractivity (Wildman–Crippen MR) is 64.1 cm³/mol. The molecule has 17 heavy (non-hydrogen) atoms. The van der Waals surface area contributed by atoms with Crippen molar-refractivity contribution in [3.63, 3.8) is 0 Å². The number of aromatic nitrogens is 1. The summed E-state index contributed by atoms with van der Waals surface area (Å²) in [7, 11) is 0. The number of aromatic carboxylic acids is 1. The number of nitrogens with zero attached hydrogens (tertiary/aromatic N) is 1. The van der Waals surface area contributed by atoms with Gasteiger partial charge in [0.25, 0.3) is 5.56 Å². The van der Waals surface area contributed by atoms with Crippen LogP contribution in [-0.4, -0.2) is 15.6 Å². The van der Waals surface area contributed by atoms with Crippen molar-refractivity contribution in [2.75, 3.05) is 0 Å². The lowest BCUT2D eigenvalue weighted by atomic mass is 9.94. The van der Waals surface area contributed by atoms with E-state index in [2.05, 4.69) is 12.2 Å². The molecule has 90 valence electrons. The number of pyridine rings is 1. The molecule has 1 aromatic rings. The monoisotopic (exact) mass is 233 g/mol. The second kappa shape index (κ2) is 4.99. The average Bonchev–Trinajstić information content (AvgIpc) is 2.33. The third kappa shape index (κ3) is 2.84. The van der Waals surface area contributed by atoms with Crippen molar-refractivity contribution in [1.82, 2.24) is 4.57 Å². The number of carboxylic acid groups (broad SMARTS) is 1. The first-order valence-corrected chi connectivity index (χ1v) is 5.75. The minimum Gasteiger partial charge on any atom is -0.478 e. The molecule has 0 bridgehead atoms. The summed E-state index contributed by atoms with van der Waals surface area (Å²) in [5.74, 6) is -0.566. The Morgan fingerprint density at radius 1 is 1.41 bits per heavy atom. The van der Waals surface area contributed by atoms with Gasteiger partial charge in [0.05, 0.1) is 5.56 Å². The summed E-state index contributed by atoms with van der Waals surface area (Å²) in [5, 5.41) is 8.88. The van der Waals surface area contributed by atoms with Crippen LogP contribution in [0.4, 0.5) is 0 Å². The van der Waals surface area contributed by atoms with Gasteiger partial charge in [-0.1, -0.05) is 12.2 Å². The highest BCUT2D eigenvalue weighted by Crippen LogP contribution is 2.19. The van der Waals surface area contributed by atoms with E-state index in [9.17, 15) is 9.59 Å². The number of carbonyl (C=O) groups is 1. The Labute approximate surface area is 99.2 Å². The first-order valence-electron chi connectivity index (χ1n) is 5.75. The molecular weight excluding hydrogens is 218 g/mol. The Balaban J connectivity index is 2.19. The minimum atomic E-state index is -0.998. The summed E-state index contributed by atoms with van der Waals surface area (Å²) in [6.45, 7) is 0.601. The highest BCUT2D eigenvalue weighted by molar-refractivity contribution is 5.87. The van der Waals surface area contributed by atoms with Gasteiger partial charge in [0, 0.05) is 18.8 Å². The van der Waals surface area contributed by atoms with E-state index in [-0.39, 0.29) is 11.1 Å². The third-order valence-electron chi connectivity index (χ3n) is 3.06. The van der Waals surface area contributed by atoms with E-state index < -0.39 is 5.97 Å². The highest BCUT2D eigenvalue weighted by atomic mass is 16.4. The first kappa shape index (κ1) is 11.6. The Hall–Kier alpha value is -1.84. The van der Waals surface area contributed by atoms with Crippen molar-refractivity contribution in [3.05, 3.63) is 46.4 Å². The van der Waals surface area contributed by atoms with Crippen molar-refractivity contribution in [2.45, 2.75) is 25.8 Å². The molecule has 1 aromatic heterocycles. The predicted octanol–water partition coefficient (Wildman–Crippen LogP) is 1.90. The van der Waals surface area contributed by atoms with Crippen LogP contribution >= 0.6 is 0 Å². The van der Waals surface area contributed by atoms with Crippen LogP contribution in [0.5, 0.6) is 0 Å². The highest BCUT2D eigenvalue weighted by Gasteiger charge is 2.12. The van der Waals surface area contributed by atoms with E-state index in [4.69, 9.17) is 5.11 Å². The lowest BCUT2D eigenvalue weighted by molar-refractivity contribution is 0.0695. The zero-order valence-electron chi connectivity index (χ0n) is 9.50. The Morgan fingerprint density at radius 2 is 2.24 bits per heavy atom. The fourth-order valence-electron chi connectivity index (χ4n) is 2.10. The van der Waals surface area contributed by atoms with E-state index >= 15 is 0 Å². The van der Waals surface area contributed by atoms with Crippen LogP contribution in [0.3, 0.4) is 0 Å². The molecule has 0 fully saturated rings. The molecule has 0 spiro atoms. The molecule has 0 radical (unpaired) electrons. The Kier molecular flexibility index (Phi) is 3.42. The van der Waals surface area contributed by atoms with E-state index in [1.165, 1.54) is 22.9 Å². The fraction of sp³-hybridized carbons (Fsp3) is 0.385. The van der Waals surface area contributed by atoms with E-state index in [0.29, 0.717) is 12.5 Å². The standard InChI is InChI=1S/C13H15NO3/c15-12-7-6-11(13(16)17)9-14(12)8-10-4-2-1-3-5-10/h1-2,6-7,9-10H,3-5,8H2,(H,16,17). The average molecular weight is 233 g/mol. The van der Waals surface area contributed by atoms with Crippen LogP contribution < -0.4 is 5.56 Å². The second-order valence-electron chi connectivity index (χ2n) is 4.36. The maximum Gasteiger partial charge on any atom is 0.337 e. The lowest BCUT2D eigenvalue weighted by Crippen LogP contribution is -2.24. The fourth-order valence-corrected chi connectivity index (χ4v) is 2.10. The van der Waals surface area contributed by atoms with E-state index in [0.717, 1.165) is 19.3 Å². The molecule has 1 atom stereocenters. The molecule has 1 aliphatic rings. The Bertz CT molecular complexity index is 502. The molecule has 0 saturated heterocycles. The maximum absolute atomic E-state index is 11.6. The van der Waals surface area contributed by atoms with Gasteiger partial charge in [-0.2, -0.15) is 0 Å². The largest absolute Gasteiger partial charge is 0.478 e. The van der Waals surface area contributed by atoms with Crippen LogP contribution in [0.1, 0.15) is 29.6 Å². The van der Waals surface area contributed by atoms with Gasteiger partial charge >= 0.3 is 5.97 Å². The topological polar surface area (TPSA) is 59.3 Å². The number of carboxylic acids is 1. The molecular formula is C13H15NO3. The van der Waals surface area contributed by atoms with Gasteiger partial charge in [0.2, 0.25) is 0 Å². The van der Waals surface area contributed by atoms with Crippen molar-refractivity contribution in [3.8, 4) is 0 Å². The SMILES string of the molecule is O=C(O)c1ccc(=O)n(CC2CC=CCC2)c1. The zero-order valence-corrected chi connectivity index (χ0v) is 9.50. The molecule has 1 N–H and O–H groups in total. The van der Waals surface area contributed by atoms with Crippen molar-refractivity contribution >= 4 is 5.97 Å². The number of hydrogen-bond donors (Lipinski definition) is 1. The minimum absolute atomic E-state index is 0.135. The molecule has 4 heteroatoms. The third-order valence-corrected chi connectivity index (χ3v) is 3.06. The van der Waals surface area contributed by atoms with Gasteiger partial charge < -0.3 is 9.67 Å². The summed E-state index contributed by atoms with van der Waals surface area (Å²) < 4.78 is 1.51. The number of hydrogen-bond acceptors (Lipinski definition) is 2. The number of allylic oxidation sites excluding steroid dienone is 2. The summed E-state index contributed by atoms with van der Waals surface area (Å²) in [6.07, 6.45) is 8.76. The normalized spacial score (nSPS) is 19.2. The van der Waals surface area contributed by atoms with Gasteiger partial charge in [-0.25, -0.2) is 4.79 Å². The molecule has 2 rings (SSSR count). The molecule has 1 heterocycles. The molecule has 0 aliphatic heterocycles. The van der Waals surface area contributed by atoms with Gasteiger partial charge in [0.1, 0.15) is 0 Å². The Morgan fingerprint density at radius 3 is 2.88 bits per heavy atom. The molecule has 4 nitrogen and oxygen atoms in total. The van der Waals surface area contributed by atoms with Crippen LogP contribution in [0.2, 0.25) is 0 Å². The van der Waals surface area contributed by atoms with Gasteiger partial charge in [0.15, 0.2) is 0 Å². The molecule has 1 unspecified atom stereocenters. The zero-order chi connectivity index (χ0) is 12.3. The van der Waals surface area contributed by atoms with E-state index in [1.807, 2.05) is 0 Å².